The Bertz CT molecular complexity index is 160. The fourth-order valence-electron chi connectivity index (χ4n) is 1.66. The Morgan fingerprint density at radius 3 is 2.85 bits per heavy atom. The van der Waals surface area contributed by atoms with E-state index in [2.05, 4.69) is 0 Å². The van der Waals surface area contributed by atoms with Crippen LogP contribution in [0.2, 0.25) is 0 Å². The lowest BCUT2D eigenvalue weighted by atomic mass is 9.90. The molecule has 1 atom stereocenters. The molecule has 1 unspecified atom stereocenters. The molecule has 1 aliphatic heterocycles. The Balaban J connectivity index is 1.69. The number of rotatable bonds is 5. The van der Waals surface area contributed by atoms with Crippen LogP contribution in [0.5, 0.6) is 0 Å². The lowest BCUT2D eigenvalue weighted by molar-refractivity contribution is -0.00317. The summed E-state index contributed by atoms with van der Waals surface area (Å²) in [4.78, 5) is 0. The van der Waals surface area contributed by atoms with E-state index in [9.17, 15) is 5.11 Å². The van der Waals surface area contributed by atoms with Gasteiger partial charge in [-0.3, -0.25) is 0 Å². The zero-order chi connectivity index (χ0) is 9.15. The van der Waals surface area contributed by atoms with Crippen LogP contribution in [0.1, 0.15) is 19.3 Å². The van der Waals surface area contributed by atoms with Crippen LogP contribution in [0.15, 0.2) is 0 Å². The molecule has 0 amide bonds. The summed E-state index contributed by atoms with van der Waals surface area (Å²) in [6.07, 6.45) is 3.58. The molecule has 0 bridgehead atoms. The van der Waals surface area contributed by atoms with E-state index in [4.69, 9.17) is 9.47 Å². The van der Waals surface area contributed by atoms with E-state index in [0.29, 0.717) is 13.2 Å². The monoisotopic (exact) mass is 186 g/mol. The predicted octanol–water partition coefficient (Wildman–Crippen LogP) is 0.812. The maximum absolute atomic E-state index is 9.24. The Hall–Kier alpha value is -0.120. The zero-order valence-corrected chi connectivity index (χ0v) is 8.00. The van der Waals surface area contributed by atoms with Crippen molar-refractivity contribution in [3.8, 4) is 0 Å². The minimum Gasteiger partial charge on any atom is -0.396 e. The highest BCUT2D eigenvalue weighted by atomic mass is 16.5. The average Bonchev–Trinajstić information content (AvgIpc) is 2.84. The lowest BCUT2D eigenvalue weighted by Crippen LogP contribution is -2.31. The molecular weight excluding hydrogens is 168 g/mol. The van der Waals surface area contributed by atoms with Crippen molar-refractivity contribution < 1.29 is 14.6 Å². The molecule has 1 N–H and O–H groups in total. The van der Waals surface area contributed by atoms with Crippen LogP contribution in [0.3, 0.4) is 0 Å². The average molecular weight is 186 g/mol. The van der Waals surface area contributed by atoms with Gasteiger partial charge in [0.1, 0.15) is 0 Å². The molecule has 2 rings (SSSR count). The van der Waals surface area contributed by atoms with E-state index >= 15 is 0 Å². The molecule has 1 saturated heterocycles. The summed E-state index contributed by atoms with van der Waals surface area (Å²) in [6, 6.07) is 0. The molecule has 76 valence electrons. The lowest BCUT2D eigenvalue weighted by Gasteiger charge is -2.24. The standard InChI is InChI=1S/C10H18O3/c11-6-10(3-4-12-7-10)8-13-5-9-1-2-9/h9,11H,1-8H2. The van der Waals surface area contributed by atoms with Gasteiger partial charge in [0.25, 0.3) is 0 Å². The molecule has 1 saturated carbocycles. The van der Waals surface area contributed by atoms with Crippen LogP contribution in [0.25, 0.3) is 0 Å². The maximum atomic E-state index is 9.24. The molecule has 0 aromatic heterocycles. The molecule has 3 nitrogen and oxygen atoms in total. The zero-order valence-electron chi connectivity index (χ0n) is 8.00. The van der Waals surface area contributed by atoms with Crippen LogP contribution >= 0.6 is 0 Å². The van der Waals surface area contributed by atoms with Crippen LogP contribution < -0.4 is 0 Å². The van der Waals surface area contributed by atoms with Crippen molar-refractivity contribution in [2.45, 2.75) is 19.3 Å². The van der Waals surface area contributed by atoms with E-state index in [1.54, 1.807) is 0 Å². The van der Waals surface area contributed by atoms with Gasteiger partial charge in [-0.25, -0.2) is 0 Å². The van der Waals surface area contributed by atoms with Gasteiger partial charge in [0.2, 0.25) is 0 Å². The minimum atomic E-state index is -0.0884. The first kappa shape index (κ1) is 9.44. The largest absolute Gasteiger partial charge is 0.396 e. The van der Waals surface area contributed by atoms with E-state index in [1.165, 1.54) is 12.8 Å². The molecule has 2 aliphatic rings. The van der Waals surface area contributed by atoms with Gasteiger partial charge < -0.3 is 14.6 Å². The van der Waals surface area contributed by atoms with Gasteiger partial charge in [-0.05, 0) is 25.2 Å². The van der Waals surface area contributed by atoms with Gasteiger partial charge in [0.05, 0.1) is 19.8 Å². The molecule has 3 heteroatoms. The molecule has 0 spiro atoms. The van der Waals surface area contributed by atoms with Crippen LogP contribution in [0, 0.1) is 11.3 Å². The van der Waals surface area contributed by atoms with E-state index in [-0.39, 0.29) is 12.0 Å². The van der Waals surface area contributed by atoms with E-state index < -0.39 is 0 Å². The van der Waals surface area contributed by atoms with Crippen LogP contribution in [-0.2, 0) is 9.47 Å². The highest BCUT2D eigenvalue weighted by Crippen LogP contribution is 2.32. The Morgan fingerprint density at radius 1 is 1.46 bits per heavy atom. The second-order valence-electron chi connectivity index (χ2n) is 4.42. The number of aliphatic hydroxyl groups is 1. The SMILES string of the molecule is OCC1(COCC2CC2)CCOC1. The second kappa shape index (κ2) is 3.95. The van der Waals surface area contributed by atoms with Crippen molar-refractivity contribution in [3.63, 3.8) is 0 Å². The van der Waals surface area contributed by atoms with Crippen LogP contribution in [-0.4, -0.2) is 38.1 Å². The third kappa shape index (κ3) is 2.42. The fourth-order valence-corrected chi connectivity index (χ4v) is 1.66. The van der Waals surface area contributed by atoms with Gasteiger partial charge in [-0.15, -0.1) is 0 Å². The van der Waals surface area contributed by atoms with Gasteiger partial charge in [-0.2, -0.15) is 0 Å². The van der Waals surface area contributed by atoms with Crippen molar-refractivity contribution in [1.82, 2.24) is 0 Å². The second-order valence-corrected chi connectivity index (χ2v) is 4.42. The maximum Gasteiger partial charge on any atom is 0.0567 e. The van der Waals surface area contributed by atoms with Gasteiger partial charge in [-0.1, -0.05) is 0 Å². The topological polar surface area (TPSA) is 38.7 Å². The number of aliphatic hydroxyl groups excluding tert-OH is 1. The first-order valence-electron chi connectivity index (χ1n) is 5.11. The Kier molecular flexibility index (Phi) is 2.86. The smallest absolute Gasteiger partial charge is 0.0567 e. The molecule has 0 aromatic carbocycles. The number of ether oxygens (including phenoxy) is 2. The van der Waals surface area contributed by atoms with Crippen molar-refractivity contribution in [3.05, 3.63) is 0 Å². The summed E-state index contributed by atoms with van der Waals surface area (Å²) in [5.41, 5.74) is -0.0884. The fraction of sp³-hybridized carbons (Fsp3) is 1.00. The molecule has 1 aliphatic carbocycles. The first-order valence-corrected chi connectivity index (χ1v) is 5.11. The molecular formula is C10H18O3. The molecule has 0 radical (unpaired) electrons. The third-order valence-electron chi connectivity index (χ3n) is 2.98. The van der Waals surface area contributed by atoms with Gasteiger partial charge >= 0.3 is 0 Å². The molecule has 0 aromatic rings. The van der Waals surface area contributed by atoms with Crippen molar-refractivity contribution in [2.75, 3.05) is 33.0 Å². The number of hydrogen-bond donors (Lipinski definition) is 1. The summed E-state index contributed by atoms with van der Waals surface area (Å²) >= 11 is 0. The summed E-state index contributed by atoms with van der Waals surface area (Å²) in [5.74, 6) is 0.804. The molecule has 13 heavy (non-hydrogen) atoms. The van der Waals surface area contributed by atoms with Crippen molar-refractivity contribution in [2.24, 2.45) is 11.3 Å². The summed E-state index contributed by atoms with van der Waals surface area (Å²) in [7, 11) is 0. The summed E-state index contributed by atoms with van der Waals surface area (Å²) < 4.78 is 10.9. The highest BCUT2D eigenvalue weighted by Gasteiger charge is 2.35. The Morgan fingerprint density at radius 2 is 2.31 bits per heavy atom. The minimum absolute atomic E-state index is 0.0884. The predicted molar refractivity (Wildman–Crippen MR) is 48.5 cm³/mol. The Labute approximate surface area is 79.0 Å². The summed E-state index contributed by atoms with van der Waals surface area (Å²) in [6.45, 7) is 3.17. The normalized spacial score (nSPS) is 33.9. The molecule has 2 fully saturated rings. The molecule has 1 heterocycles. The number of hydrogen-bond acceptors (Lipinski definition) is 3. The van der Waals surface area contributed by atoms with Crippen LogP contribution in [0.4, 0.5) is 0 Å². The van der Waals surface area contributed by atoms with Crippen molar-refractivity contribution in [1.29, 1.82) is 0 Å². The highest BCUT2D eigenvalue weighted by molar-refractivity contribution is 4.83. The third-order valence-corrected chi connectivity index (χ3v) is 2.98. The van der Waals surface area contributed by atoms with Gasteiger partial charge in [0, 0.05) is 18.6 Å². The van der Waals surface area contributed by atoms with E-state index in [1.807, 2.05) is 0 Å². The quantitative estimate of drug-likeness (QED) is 0.690. The first-order chi connectivity index (χ1) is 6.35. The van der Waals surface area contributed by atoms with Gasteiger partial charge in [0.15, 0.2) is 0 Å². The van der Waals surface area contributed by atoms with E-state index in [0.717, 1.165) is 25.6 Å². The van der Waals surface area contributed by atoms with Crippen molar-refractivity contribution >= 4 is 0 Å². The summed E-state index contributed by atoms with van der Waals surface area (Å²) in [5, 5.41) is 9.24.